The molecular formula is C29H38N4O6S. The van der Waals surface area contributed by atoms with Crippen molar-refractivity contribution >= 4 is 33.1 Å². The Morgan fingerprint density at radius 2 is 1.70 bits per heavy atom. The molecule has 216 valence electrons. The van der Waals surface area contributed by atoms with Crippen molar-refractivity contribution < 1.29 is 23.4 Å². The predicted molar refractivity (Wildman–Crippen MR) is 158 cm³/mol. The maximum atomic E-state index is 13.7. The van der Waals surface area contributed by atoms with E-state index in [1.807, 2.05) is 0 Å². The van der Waals surface area contributed by atoms with Crippen molar-refractivity contribution in [3.8, 4) is 5.88 Å². The molecule has 1 heterocycles. The van der Waals surface area contributed by atoms with Crippen LogP contribution in [0.3, 0.4) is 0 Å². The van der Waals surface area contributed by atoms with Crippen LogP contribution in [-0.2, 0) is 16.6 Å². The molecule has 11 heteroatoms. The number of para-hydroxylation sites is 1. The average molecular weight is 571 g/mol. The zero-order chi connectivity index (χ0) is 29.6. The van der Waals surface area contributed by atoms with E-state index < -0.39 is 16.0 Å². The standard InChI is InChI=1S/C29H38N4O6S/c1-6-8-11-21(7-2)18-33-27(34)20(4)19(3)26(28(33)35)32(5)30-24-12-9-10-13-25(24)40(38,39)31-23-16-14-22(15-17-23)29(36)37/h9-10,12-17,21,30-31,34H,6-8,11,18H2,1-5H3,(H,36,37). The number of rotatable bonds is 13. The van der Waals surface area contributed by atoms with Crippen LogP contribution >= 0.6 is 0 Å². The molecule has 0 aliphatic rings. The highest BCUT2D eigenvalue weighted by Gasteiger charge is 2.24. The highest BCUT2D eigenvalue weighted by Crippen LogP contribution is 2.29. The van der Waals surface area contributed by atoms with Gasteiger partial charge in [0.2, 0.25) is 0 Å². The first-order valence-corrected chi connectivity index (χ1v) is 14.8. The Bertz CT molecular complexity index is 1520. The van der Waals surface area contributed by atoms with Gasteiger partial charge in [0.15, 0.2) is 5.88 Å². The number of aromatic nitrogens is 1. The van der Waals surface area contributed by atoms with Crippen molar-refractivity contribution in [3.05, 3.63) is 75.6 Å². The van der Waals surface area contributed by atoms with Gasteiger partial charge in [0.1, 0.15) is 10.6 Å². The molecule has 0 radical (unpaired) electrons. The number of unbranched alkanes of at least 4 members (excludes halogenated alkanes) is 1. The lowest BCUT2D eigenvalue weighted by Gasteiger charge is -2.27. The first-order chi connectivity index (χ1) is 18.9. The van der Waals surface area contributed by atoms with Gasteiger partial charge in [-0.25, -0.2) is 13.2 Å². The van der Waals surface area contributed by atoms with Crippen LogP contribution in [0.15, 0.2) is 58.2 Å². The van der Waals surface area contributed by atoms with E-state index in [0.29, 0.717) is 23.4 Å². The Morgan fingerprint density at radius 3 is 2.30 bits per heavy atom. The summed E-state index contributed by atoms with van der Waals surface area (Å²) in [6.07, 6.45) is 3.91. The van der Waals surface area contributed by atoms with Gasteiger partial charge in [-0.15, -0.1) is 0 Å². The number of carboxylic acids is 1. The van der Waals surface area contributed by atoms with E-state index in [0.717, 1.165) is 25.7 Å². The first-order valence-electron chi connectivity index (χ1n) is 13.3. The fourth-order valence-electron chi connectivity index (χ4n) is 4.59. The second kappa shape index (κ2) is 12.9. The molecule has 3 aromatic rings. The number of carboxylic acid groups (broad SMARTS) is 1. The molecule has 0 spiro atoms. The minimum atomic E-state index is -4.09. The molecule has 0 aliphatic heterocycles. The molecule has 0 fully saturated rings. The van der Waals surface area contributed by atoms with E-state index in [9.17, 15) is 23.1 Å². The number of carbonyl (C=O) groups is 1. The third kappa shape index (κ3) is 6.77. The van der Waals surface area contributed by atoms with E-state index in [4.69, 9.17) is 5.11 Å². The largest absolute Gasteiger partial charge is 0.494 e. The number of pyridine rings is 1. The summed E-state index contributed by atoms with van der Waals surface area (Å²) in [5, 5.41) is 21.4. The van der Waals surface area contributed by atoms with Crippen molar-refractivity contribution in [2.45, 2.75) is 64.8 Å². The van der Waals surface area contributed by atoms with Crippen molar-refractivity contribution in [3.63, 3.8) is 0 Å². The number of nitrogens with zero attached hydrogens (tertiary/aromatic N) is 2. The van der Waals surface area contributed by atoms with Gasteiger partial charge >= 0.3 is 5.97 Å². The Morgan fingerprint density at radius 1 is 1.05 bits per heavy atom. The minimum absolute atomic E-state index is 0.0347. The molecule has 1 aromatic heterocycles. The number of anilines is 3. The van der Waals surface area contributed by atoms with E-state index in [1.165, 1.54) is 39.9 Å². The monoisotopic (exact) mass is 570 g/mol. The van der Waals surface area contributed by atoms with Crippen LogP contribution in [0, 0.1) is 19.8 Å². The van der Waals surface area contributed by atoms with Crippen LogP contribution in [0.4, 0.5) is 17.1 Å². The van der Waals surface area contributed by atoms with Crippen molar-refractivity contribution in [2.24, 2.45) is 5.92 Å². The van der Waals surface area contributed by atoms with Crippen LogP contribution in [0.5, 0.6) is 5.88 Å². The van der Waals surface area contributed by atoms with E-state index in [-0.39, 0.29) is 39.2 Å². The number of aromatic carboxylic acids is 1. The fourth-order valence-corrected chi connectivity index (χ4v) is 5.81. The van der Waals surface area contributed by atoms with E-state index >= 15 is 0 Å². The van der Waals surface area contributed by atoms with Crippen molar-refractivity contribution in [1.29, 1.82) is 0 Å². The summed E-state index contributed by atoms with van der Waals surface area (Å²) < 4.78 is 30.5. The quantitative estimate of drug-likeness (QED) is 0.202. The molecule has 1 atom stereocenters. The molecule has 0 amide bonds. The van der Waals surface area contributed by atoms with Gasteiger partial charge < -0.3 is 10.2 Å². The van der Waals surface area contributed by atoms with Gasteiger partial charge in [-0.3, -0.25) is 24.5 Å². The maximum absolute atomic E-state index is 13.7. The van der Waals surface area contributed by atoms with Gasteiger partial charge in [0.25, 0.3) is 15.6 Å². The van der Waals surface area contributed by atoms with Gasteiger partial charge in [-0.2, -0.15) is 0 Å². The minimum Gasteiger partial charge on any atom is -0.494 e. The topological polar surface area (TPSA) is 141 Å². The molecule has 1 unspecified atom stereocenters. The van der Waals surface area contributed by atoms with Crippen LogP contribution < -0.4 is 20.7 Å². The van der Waals surface area contributed by atoms with Crippen LogP contribution in [0.25, 0.3) is 0 Å². The number of hydrogen-bond donors (Lipinski definition) is 4. The number of hydrogen-bond acceptors (Lipinski definition) is 7. The summed E-state index contributed by atoms with van der Waals surface area (Å²) in [4.78, 5) is 24.7. The van der Waals surface area contributed by atoms with E-state index in [1.54, 1.807) is 39.1 Å². The lowest BCUT2D eigenvalue weighted by atomic mass is 9.99. The summed E-state index contributed by atoms with van der Waals surface area (Å²) in [7, 11) is -2.46. The smallest absolute Gasteiger partial charge is 0.335 e. The highest BCUT2D eigenvalue weighted by molar-refractivity contribution is 7.92. The average Bonchev–Trinajstić information content (AvgIpc) is 2.92. The molecule has 0 saturated carbocycles. The molecule has 40 heavy (non-hydrogen) atoms. The first kappa shape index (κ1) is 30.6. The summed E-state index contributed by atoms with van der Waals surface area (Å²) in [5.74, 6) is -0.939. The summed E-state index contributed by atoms with van der Waals surface area (Å²) in [5.41, 5.74) is 4.58. The zero-order valence-corrected chi connectivity index (χ0v) is 24.4. The predicted octanol–water partition coefficient (Wildman–Crippen LogP) is 5.35. The normalized spacial score (nSPS) is 12.1. The molecule has 0 bridgehead atoms. The number of hydrazine groups is 1. The summed E-state index contributed by atoms with van der Waals surface area (Å²) in [6, 6.07) is 11.6. The van der Waals surface area contributed by atoms with Gasteiger partial charge in [0, 0.05) is 24.8 Å². The van der Waals surface area contributed by atoms with Crippen molar-refractivity contribution in [1.82, 2.24) is 4.57 Å². The molecule has 0 aliphatic carbocycles. The number of aromatic hydroxyl groups is 1. The van der Waals surface area contributed by atoms with Crippen LogP contribution in [0.2, 0.25) is 0 Å². The second-order valence-electron chi connectivity index (χ2n) is 9.91. The Kier molecular flexibility index (Phi) is 9.86. The molecular weight excluding hydrogens is 532 g/mol. The molecule has 2 aromatic carbocycles. The molecule has 3 rings (SSSR count). The number of sulfonamides is 1. The van der Waals surface area contributed by atoms with E-state index in [2.05, 4.69) is 24.0 Å². The zero-order valence-electron chi connectivity index (χ0n) is 23.6. The SMILES string of the molecule is CCCCC(CC)Cn1c(O)c(C)c(C)c(N(C)Nc2ccccc2S(=O)(=O)Nc2ccc(C(=O)O)cc2)c1=O. The van der Waals surface area contributed by atoms with Crippen LogP contribution in [0.1, 0.15) is 61.0 Å². The molecule has 10 nitrogen and oxygen atoms in total. The molecule has 4 N–H and O–H groups in total. The molecule has 0 saturated heterocycles. The summed E-state index contributed by atoms with van der Waals surface area (Å²) >= 11 is 0. The summed E-state index contributed by atoms with van der Waals surface area (Å²) in [6.45, 7) is 8.08. The third-order valence-electron chi connectivity index (χ3n) is 7.12. The third-order valence-corrected chi connectivity index (χ3v) is 8.56. The lowest BCUT2D eigenvalue weighted by molar-refractivity contribution is 0.0697. The highest BCUT2D eigenvalue weighted by atomic mass is 32.2. The van der Waals surface area contributed by atoms with Gasteiger partial charge in [0.05, 0.1) is 11.3 Å². The fraction of sp³-hybridized carbons (Fsp3) is 0.379. The number of nitrogens with one attached hydrogen (secondary N) is 2. The Hall–Kier alpha value is -3.99. The Balaban J connectivity index is 1.95. The van der Waals surface area contributed by atoms with Crippen molar-refractivity contribution in [2.75, 3.05) is 22.2 Å². The van der Waals surface area contributed by atoms with Crippen LogP contribution in [-0.4, -0.2) is 36.2 Å². The lowest BCUT2D eigenvalue weighted by Crippen LogP contribution is -2.36. The Labute approximate surface area is 235 Å². The van der Waals surface area contributed by atoms with Gasteiger partial charge in [-0.1, -0.05) is 45.2 Å². The number of benzene rings is 2. The van der Waals surface area contributed by atoms with Gasteiger partial charge in [-0.05, 0) is 68.1 Å². The maximum Gasteiger partial charge on any atom is 0.335 e. The second-order valence-corrected chi connectivity index (χ2v) is 11.6.